The first-order valence-corrected chi connectivity index (χ1v) is 5.93. The highest BCUT2D eigenvalue weighted by Crippen LogP contribution is 2.34. The van der Waals surface area contributed by atoms with Gasteiger partial charge in [-0.15, -0.1) is 0 Å². The topological polar surface area (TPSA) is 71.6 Å². The number of rotatable bonds is 2. The summed E-state index contributed by atoms with van der Waals surface area (Å²) in [4.78, 5) is 6.06. The average Bonchev–Trinajstić information content (AvgIpc) is 2.46. The van der Waals surface area contributed by atoms with Crippen LogP contribution in [0.5, 0.6) is 0 Å². The van der Waals surface area contributed by atoms with Crippen molar-refractivity contribution >= 4 is 11.6 Å². The lowest BCUT2D eigenvalue weighted by molar-refractivity contribution is -0.137. The van der Waals surface area contributed by atoms with Gasteiger partial charge in [-0.05, 0) is 18.2 Å². The highest BCUT2D eigenvalue weighted by Gasteiger charge is 2.32. The van der Waals surface area contributed by atoms with Gasteiger partial charge < -0.3 is 14.5 Å². The van der Waals surface area contributed by atoms with Gasteiger partial charge in [0.15, 0.2) is 0 Å². The number of morpholine rings is 1. The molecule has 20 heavy (non-hydrogen) atoms. The summed E-state index contributed by atoms with van der Waals surface area (Å²) in [6.07, 6.45) is -4.44. The molecule has 1 aromatic carbocycles. The first kappa shape index (κ1) is 14.6. The van der Waals surface area contributed by atoms with E-state index in [1.807, 2.05) is 0 Å². The van der Waals surface area contributed by atoms with Gasteiger partial charge in [0, 0.05) is 13.1 Å². The molecule has 1 fully saturated rings. The summed E-state index contributed by atoms with van der Waals surface area (Å²) in [6.45, 7) is 1.75. The Bertz CT molecular complexity index is 499. The van der Waals surface area contributed by atoms with Gasteiger partial charge in [0.1, 0.15) is 0 Å². The number of alkyl halides is 3. The Balaban J connectivity index is 2.44. The molecule has 0 radical (unpaired) electrons. The number of hydrogen-bond acceptors (Lipinski definition) is 5. The van der Waals surface area contributed by atoms with E-state index in [4.69, 9.17) is 16.0 Å². The standard InChI is InChI=1S/C12H14F3N3O2/c13-12(14,15)8-1-2-9(11(16)20-17)10(7-8)18-3-5-19-6-4-18/h1-2,7,16H,3-6,17H2. The van der Waals surface area contributed by atoms with Crippen molar-refractivity contribution in [3.8, 4) is 0 Å². The molecule has 1 heterocycles. The first-order valence-electron chi connectivity index (χ1n) is 5.93. The summed E-state index contributed by atoms with van der Waals surface area (Å²) in [5.41, 5.74) is -0.270. The molecular weight excluding hydrogens is 275 g/mol. The van der Waals surface area contributed by atoms with Crippen molar-refractivity contribution in [1.82, 2.24) is 0 Å². The summed E-state index contributed by atoms with van der Waals surface area (Å²) in [6, 6.07) is 3.11. The Morgan fingerprint density at radius 3 is 2.50 bits per heavy atom. The Hall–Kier alpha value is -1.80. The SMILES string of the molecule is N=C(ON)c1ccc(C(F)(F)F)cc1N1CCOCC1. The van der Waals surface area contributed by atoms with Crippen LogP contribution in [0.15, 0.2) is 18.2 Å². The normalized spacial score (nSPS) is 16.1. The molecule has 110 valence electrons. The van der Waals surface area contributed by atoms with Crippen LogP contribution in [0.2, 0.25) is 0 Å². The van der Waals surface area contributed by atoms with Gasteiger partial charge in [-0.1, -0.05) is 0 Å². The zero-order valence-electron chi connectivity index (χ0n) is 10.5. The van der Waals surface area contributed by atoms with Gasteiger partial charge in [0.2, 0.25) is 5.90 Å². The minimum atomic E-state index is -4.44. The minimum absolute atomic E-state index is 0.224. The van der Waals surface area contributed by atoms with Crippen molar-refractivity contribution in [1.29, 1.82) is 5.41 Å². The predicted molar refractivity (Wildman–Crippen MR) is 66.6 cm³/mol. The average molecular weight is 289 g/mol. The van der Waals surface area contributed by atoms with Gasteiger partial charge in [-0.2, -0.15) is 19.1 Å². The zero-order valence-corrected chi connectivity index (χ0v) is 10.5. The molecule has 0 amide bonds. The van der Waals surface area contributed by atoms with Crippen LogP contribution >= 0.6 is 0 Å². The van der Waals surface area contributed by atoms with E-state index in [0.717, 1.165) is 12.1 Å². The molecule has 5 nitrogen and oxygen atoms in total. The number of halogens is 3. The van der Waals surface area contributed by atoms with E-state index in [2.05, 4.69) is 4.84 Å². The van der Waals surface area contributed by atoms with Crippen molar-refractivity contribution in [2.45, 2.75) is 6.18 Å². The molecule has 1 aromatic rings. The molecule has 0 spiro atoms. The van der Waals surface area contributed by atoms with Gasteiger partial charge in [0.25, 0.3) is 0 Å². The van der Waals surface area contributed by atoms with Crippen molar-refractivity contribution < 1.29 is 22.7 Å². The van der Waals surface area contributed by atoms with Crippen LogP contribution in [0.1, 0.15) is 11.1 Å². The van der Waals surface area contributed by atoms with E-state index < -0.39 is 11.7 Å². The van der Waals surface area contributed by atoms with Crippen molar-refractivity contribution in [3.63, 3.8) is 0 Å². The fourth-order valence-electron chi connectivity index (χ4n) is 2.03. The lowest BCUT2D eigenvalue weighted by Gasteiger charge is -2.30. The Kier molecular flexibility index (Phi) is 4.15. The third-order valence-electron chi connectivity index (χ3n) is 3.04. The maximum absolute atomic E-state index is 12.8. The van der Waals surface area contributed by atoms with Crippen molar-refractivity contribution in [3.05, 3.63) is 29.3 Å². The number of nitrogens with one attached hydrogen (secondary N) is 1. The van der Waals surface area contributed by atoms with Gasteiger partial charge in [-0.3, -0.25) is 5.41 Å². The van der Waals surface area contributed by atoms with Crippen molar-refractivity contribution in [2.24, 2.45) is 5.90 Å². The molecule has 2 rings (SSSR count). The molecule has 0 saturated carbocycles. The second-order valence-corrected chi connectivity index (χ2v) is 4.28. The molecule has 0 aromatic heterocycles. The van der Waals surface area contributed by atoms with E-state index in [0.29, 0.717) is 26.3 Å². The fourth-order valence-corrected chi connectivity index (χ4v) is 2.03. The van der Waals surface area contributed by atoms with Crippen LogP contribution in [-0.4, -0.2) is 32.2 Å². The van der Waals surface area contributed by atoms with Gasteiger partial charge in [-0.25, -0.2) is 0 Å². The van der Waals surface area contributed by atoms with Crippen LogP contribution in [0.25, 0.3) is 0 Å². The number of nitrogens with zero attached hydrogens (tertiary/aromatic N) is 1. The largest absolute Gasteiger partial charge is 0.416 e. The number of benzene rings is 1. The molecule has 0 unspecified atom stereocenters. The molecule has 1 aliphatic heterocycles. The Morgan fingerprint density at radius 2 is 1.95 bits per heavy atom. The first-order chi connectivity index (χ1) is 9.43. The van der Waals surface area contributed by atoms with Crippen LogP contribution in [0.4, 0.5) is 18.9 Å². The highest BCUT2D eigenvalue weighted by atomic mass is 19.4. The van der Waals surface area contributed by atoms with E-state index >= 15 is 0 Å². The summed E-state index contributed by atoms with van der Waals surface area (Å²) in [5.74, 6) is 4.56. The summed E-state index contributed by atoms with van der Waals surface area (Å²) >= 11 is 0. The van der Waals surface area contributed by atoms with Crippen LogP contribution in [0, 0.1) is 5.41 Å². The number of ether oxygens (including phenoxy) is 1. The van der Waals surface area contributed by atoms with Crippen molar-refractivity contribution in [2.75, 3.05) is 31.2 Å². The molecule has 0 aliphatic carbocycles. The third kappa shape index (κ3) is 3.02. The maximum atomic E-state index is 12.8. The quantitative estimate of drug-likeness (QED) is 0.494. The number of anilines is 1. The van der Waals surface area contributed by atoms with Crippen LogP contribution < -0.4 is 10.8 Å². The third-order valence-corrected chi connectivity index (χ3v) is 3.04. The lowest BCUT2D eigenvalue weighted by Crippen LogP contribution is -2.37. The zero-order chi connectivity index (χ0) is 14.8. The molecular formula is C12H14F3N3O2. The second kappa shape index (κ2) is 5.68. The van der Waals surface area contributed by atoms with Gasteiger partial charge >= 0.3 is 6.18 Å². The smallest absolute Gasteiger partial charge is 0.391 e. The highest BCUT2D eigenvalue weighted by molar-refractivity contribution is 5.97. The number of nitrogens with two attached hydrogens (primary N) is 1. The Morgan fingerprint density at radius 1 is 1.30 bits per heavy atom. The minimum Gasteiger partial charge on any atom is -0.391 e. The second-order valence-electron chi connectivity index (χ2n) is 4.28. The summed E-state index contributed by atoms with van der Waals surface area (Å²) in [7, 11) is 0. The van der Waals surface area contributed by atoms with E-state index in [-0.39, 0.29) is 17.1 Å². The summed E-state index contributed by atoms with van der Waals surface area (Å²) < 4.78 is 43.6. The van der Waals surface area contributed by atoms with E-state index in [9.17, 15) is 13.2 Å². The molecule has 8 heteroatoms. The lowest BCUT2D eigenvalue weighted by atomic mass is 10.1. The van der Waals surface area contributed by atoms with Gasteiger partial charge in [0.05, 0.1) is 30.0 Å². The maximum Gasteiger partial charge on any atom is 0.416 e. The predicted octanol–water partition coefficient (Wildman–Crippen LogP) is 1.76. The fraction of sp³-hybridized carbons (Fsp3) is 0.417. The Labute approximate surface area is 113 Å². The monoisotopic (exact) mass is 289 g/mol. The molecule has 1 saturated heterocycles. The van der Waals surface area contributed by atoms with Crippen LogP contribution in [-0.2, 0) is 15.8 Å². The number of hydrogen-bond donors (Lipinski definition) is 2. The molecule has 0 bridgehead atoms. The summed E-state index contributed by atoms with van der Waals surface area (Å²) in [5, 5.41) is 7.58. The molecule has 3 N–H and O–H groups in total. The van der Waals surface area contributed by atoms with E-state index in [1.54, 1.807) is 4.90 Å². The molecule has 0 atom stereocenters. The van der Waals surface area contributed by atoms with E-state index in [1.165, 1.54) is 6.07 Å². The van der Waals surface area contributed by atoms with Crippen LogP contribution in [0.3, 0.4) is 0 Å². The molecule has 1 aliphatic rings.